The Morgan fingerprint density at radius 3 is 2.41 bits per heavy atom. The molecule has 3 unspecified atom stereocenters. The number of nitrogens with zero attached hydrogens (tertiary/aromatic N) is 3. The summed E-state index contributed by atoms with van der Waals surface area (Å²) in [5.74, 6) is -0.781. The first-order valence-corrected chi connectivity index (χ1v) is 15.5. The smallest absolute Gasteiger partial charge is 0.326 e. The van der Waals surface area contributed by atoms with Crippen LogP contribution in [0.4, 0.5) is 0 Å². The molecule has 0 aliphatic carbocycles. The van der Waals surface area contributed by atoms with Crippen LogP contribution in [-0.4, -0.2) is 76.6 Å². The third-order valence-electron chi connectivity index (χ3n) is 8.51. The van der Waals surface area contributed by atoms with Crippen molar-refractivity contribution in [3.63, 3.8) is 0 Å². The molecule has 0 radical (unpaired) electrons. The lowest BCUT2D eigenvalue weighted by atomic mass is 9.82. The Hall–Kier alpha value is -4.14. The number of amides is 2. The summed E-state index contributed by atoms with van der Waals surface area (Å²) in [5.41, 5.74) is 2.09. The minimum Gasteiger partial charge on any atom is -0.497 e. The zero-order valence-electron chi connectivity index (χ0n) is 26.1. The molecule has 3 aromatic rings. The second kappa shape index (κ2) is 13.2. The second-order valence-corrected chi connectivity index (χ2v) is 13.2. The second-order valence-electron chi connectivity index (χ2n) is 13.2. The van der Waals surface area contributed by atoms with Gasteiger partial charge in [-0.1, -0.05) is 51.1 Å². The molecule has 2 aliphatic rings. The van der Waals surface area contributed by atoms with Gasteiger partial charge in [0.25, 0.3) is 0 Å². The van der Waals surface area contributed by atoms with Crippen molar-refractivity contribution in [2.24, 2.45) is 11.3 Å². The molecule has 1 aromatic heterocycles. The van der Waals surface area contributed by atoms with Crippen molar-refractivity contribution in [3.05, 3.63) is 54.6 Å². The molecule has 2 amide bonds. The zero-order valence-corrected chi connectivity index (χ0v) is 26.1. The van der Waals surface area contributed by atoms with Crippen LogP contribution in [0.2, 0.25) is 0 Å². The predicted octanol–water partition coefficient (Wildman–Crippen LogP) is 5.80. The van der Waals surface area contributed by atoms with Crippen LogP contribution >= 0.6 is 0 Å². The number of likely N-dealkylation sites (tertiary alicyclic amines) is 2. The highest BCUT2D eigenvalue weighted by molar-refractivity contribution is 5.90. The Balaban J connectivity index is 1.42. The number of hydrogen-bond donors (Lipinski definition) is 1. The van der Waals surface area contributed by atoms with E-state index in [2.05, 4.69) is 0 Å². The van der Waals surface area contributed by atoms with Gasteiger partial charge in [-0.15, -0.1) is 0 Å². The van der Waals surface area contributed by atoms with Crippen molar-refractivity contribution in [2.75, 3.05) is 26.7 Å². The molecule has 3 heterocycles. The SMILES string of the molecule is COc1ccc2c(OC3CC(C(=O)O)N(C(=O)C(CC(=O)N4CCCCC4)CC(C)(C)C)C3)cc(-c3ccccc3)nc2c1. The first kappa shape index (κ1) is 31.3. The van der Waals surface area contributed by atoms with Crippen molar-refractivity contribution in [2.45, 2.75) is 71.4 Å². The number of ether oxygens (including phenoxy) is 2. The molecule has 2 aliphatic heterocycles. The summed E-state index contributed by atoms with van der Waals surface area (Å²) in [6.45, 7) is 7.66. The van der Waals surface area contributed by atoms with Crippen LogP contribution in [-0.2, 0) is 14.4 Å². The molecule has 5 rings (SSSR count). The highest BCUT2D eigenvalue weighted by Crippen LogP contribution is 2.36. The molecule has 0 spiro atoms. The summed E-state index contributed by atoms with van der Waals surface area (Å²) in [7, 11) is 1.60. The zero-order chi connectivity index (χ0) is 31.4. The summed E-state index contributed by atoms with van der Waals surface area (Å²) in [4.78, 5) is 47.9. The molecule has 1 N–H and O–H groups in total. The van der Waals surface area contributed by atoms with E-state index < -0.39 is 24.0 Å². The number of hydrogen-bond acceptors (Lipinski definition) is 6. The molecule has 0 bridgehead atoms. The van der Waals surface area contributed by atoms with E-state index in [4.69, 9.17) is 14.5 Å². The topological polar surface area (TPSA) is 109 Å². The normalized spacial score (nSPS) is 19.5. The third kappa shape index (κ3) is 7.31. The molecule has 0 saturated carbocycles. The highest BCUT2D eigenvalue weighted by Gasteiger charge is 2.44. The van der Waals surface area contributed by atoms with Gasteiger partial charge in [0.1, 0.15) is 23.6 Å². The minimum absolute atomic E-state index is 0.0294. The van der Waals surface area contributed by atoms with Gasteiger partial charge in [0.2, 0.25) is 11.8 Å². The number of piperidine rings is 1. The molecule has 2 saturated heterocycles. The van der Waals surface area contributed by atoms with Gasteiger partial charge in [0, 0.05) is 54.9 Å². The van der Waals surface area contributed by atoms with Crippen LogP contribution in [0.5, 0.6) is 11.5 Å². The monoisotopic (exact) mass is 601 g/mol. The van der Waals surface area contributed by atoms with Gasteiger partial charge in [-0.2, -0.15) is 0 Å². The number of aromatic nitrogens is 1. The van der Waals surface area contributed by atoms with Gasteiger partial charge >= 0.3 is 5.97 Å². The Morgan fingerprint density at radius 2 is 1.75 bits per heavy atom. The molecule has 3 atom stereocenters. The minimum atomic E-state index is -1.07. The van der Waals surface area contributed by atoms with E-state index in [0.29, 0.717) is 42.2 Å². The molecular weight excluding hydrogens is 558 g/mol. The first-order valence-electron chi connectivity index (χ1n) is 15.5. The molecule has 9 nitrogen and oxygen atoms in total. The third-order valence-corrected chi connectivity index (χ3v) is 8.51. The molecule has 9 heteroatoms. The maximum Gasteiger partial charge on any atom is 0.326 e. The molecule has 2 fully saturated rings. The molecular formula is C35H43N3O6. The van der Waals surface area contributed by atoms with Crippen LogP contribution in [0.15, 0.2) is 54.6 Å². The quantitative estimate of drug-likeness (QED) is 0.330. The Morgan fingerprint density at radius 1 is 1.02 bits per heavy atom. The van der Waals surface area contributed by atoms with Crippen LogP contribution in [0.1, 0.15) is 59.3 Å². The molecule has 2 aromatic carbocycles. The fourth-order valence-electron chi connectivity index (χ4n) is 6.40. The van der Waals surface area contributed by atoms with E-state index in [1.807, 2.05) is 80.3 Å². The van der Waals surface area contributed by atoms with Gasteiger partial charge in [0.15, 0.2) is 0 Å². The lowest BCUT2D eigenvalue weighted by Gasteiger charge is -2.33. The Bertz CT molecular complexity index is 1500. The maximum absolute atomic E-state index is 14.1. The number of carboxylic acid groups (broad SMARTS) is 1. The lowest BCUT2D eigenvalue weighted by Crippen LogP contribution is -2.46. The first-order chi connectivity index (χ1) is 21.0. The van der Waals surface area contributed by atoms with Crippen LogP contribution in [0.25, 0.3) is 22.2 Å². The number of methoxy groups -OCH3 is 1. The molecule has 234 valence electrons. The van der Waals surface area contributed by atoms with E-state index in [1.165, 1.54) is 4.90 Å². The van der Waals surface area contributed by atoms with E-state index in [-0.39, 0.29) is 36.6 Å². The number of pyridine rings is 1. The van der Waals surface area contributed by atoms with Crippen molar-refractivity contribution < 1.29 is 29.0 Å². The van der Waals surface area contributed by atoms with Crippen molar-refractivity contribution in [1.29, 1.82) is 0 Å². The summed E-state index contributed by atoms with van der Waals surface area (Å²) >= 11 is 0. The van der Waals surface area contributed by atoms with Gasteiger partial charge in [-0.3, -0.25) is 9.59 Å². The van der Waals surface area contributed by atoms with Crippen LogP contribution < -0.4 is 9.47 Å². The largest absolute Gasteiger partial charge is 0.497 e. The van der Waals surface area contributed by atoms with E-state index in [0.717, 1.165) is 30.2 Å². The fourth-order valence-corrected chi connectivity index (χ4v) is 6.40. The average molecular weight is 602 g/mol. The van der Waals surface area contributed by atoms with Crippen molar-refractivity contribution in [3.8, 4) is 22.8 Å². The predicted molar refractivity (Wildman–Crippen MR) is 169 cm³/mol. The number of carbonyl (C=O) groups excluding carboxylic acids is 2. The number of carbonyl (C=O) groups is 3. The fraction of sp³-hybridized carbons (Fsp3) is 0.486. The Kier molecular flexibility index (Phi) is 9.42. The number of aliphatic carboxylic acids is 1. The summed E-state index contributed by atoms with van der Waals surface area (Å²) in [6, 6.07) is 16.1. The van der Waals surface area contributed by atoms with Crippen LogP contribution in [0.3, 0.4) is 0 Å². The number of fused-ring (bicyclic) bond motifs is 1. The summed E-state index contributed by atoms with van der Waals surface area (Å²) < 4.78 is 12.0. The van der Waals surface area contributed by atoms with E-state index >= 15 is 0 Å². The van der Waals surface area contributed by atoms with E-state index in [1.54, 1.807) is 7.11 Å². The summed E-state index contributed by atoms with van der Waals surface area (Å²) in [5, 5.41) is 11.0. The van der Waals surface area contributed by atoms with Gasteiger partial charge in [0.05, 0.1) is 24.9 Å². The number of carboxylic acids is 1. The highest BCUT2D eigenvalue weighted by atomic mass is 16.5. The standard InChI is InChI=1S/C35H43N3O6/c1-35(2,3)21-24(17-32(39)37-15-9-6-10-16-37)33(40)38-22-26(19-30(38)34(41)42)44-31-20-28(23-11-7-5-8-12-23)36-29-18-25(43-4)13-14-27(29)31/h5,7-8,11-14,18,20,24,26,30H,6,9-10,15-17,19,21-22H2,1-4H3,(H,41,42). The van der Waals surface area contributed by atoms with Gasteiger partial charge in [-0.05, 0) is 43.2 Å². The Labute approximate surface area is 259 Å². The van der Waals surface area contributed by atoms with Crippen molar-refractivity contribution in [1.82, 2.24) is 14.8 Å². The van der Waals surface area contributed by atoms with Crippen LogP contribution in [0, 0.1) is 11.3 Å². The van der Waals surface area contributed by atoms with E-state index in [9.17, 15) is 19.5 Å². The summed E-state index contributed by atoms with van der Waals surface area (Å²) in [6.07, 6.45) is 3.21. The average Bonchev–Trinajstić information content (AvgIpc) is 3.44. The number of benzene rings is 2. The van der Waals surface area contributed by atoms with Gasteiger partial charge in [-0.25, -0.2) is 9.78 Å². The number of rotatable bonds is 9. The maximum atomic E-state index is 14.1. The molecule has 44 heavy (non-hydrogen) atoms. The van der Waals surface area contributed by atoms with Crippen molar-refractivity contribution >= 4 is 28.7 Å². The van der Waals surface area contributed by atoms with Gasteiger partial charge < -0.3 is 24.4 Å². The lowest BCUT2D eigenvalue weighted by molar-refractivity contribution is -0.151.